The van der Waals surface area contributed by atoms with Crippen molar-refractivity contribution in [3.63, 3.8) is 0 Å². The summed E-state index contributed by atoms with van der Waals surface area (Å²) in [6.45, 7) is -0.738. The fraction of sp³-hybridized carbons (Fsp3) is 0.273. The fourth-order valence-corrected chi connectivity index (χ4v) is 1.60. The molecule has 0 aliphatic rings. The summed E-state index contributed by atoms with van der Waals surface area (Å²) in [6, 6.07) is 0. The van der Waals surface area contributed by atoms with Crippen LogP contribution in [0.3, 0.4) is 0 Å². The number of ether oxygens (including phenoxy) is 1. The van der Waals surface area contributed by atoms with Crippen molar-refractivity contribution < 1.29 is 35.9 Å². The molecule has 0 unspecified atom stereocenters. The molecule has 23 heavy (non-hydrogen) atoms. The molecule has 2 aromatic rings. The van der Waals surface area contributed by atoms with Crippen LogP contribution in [0, 0.1) is 0 Å². The standard InChI is InChI=1S/C11H6F6N4O2/c12-10(13,14)8-6(4-23-5-22)3-21(20-8)7-1-18-9(19-2-7)11(15,16)17/h1-3,5H,4H2. The van der Waals surface area contributed by atoms with Gasteiger partial charge in [-0.3, -0.25) is 4.79 Å². The number of aromatic nitrogens is 4. The molecule has 0 fully saturated rings. The fourth-order valence-electron chi connectivity index (χ4n) is 1.60. The number of alkyl halides is 6. The van der Waals surface area contributed by atoms with Gasteiger partial charge in [0, 0.05) is 11.8 Å². The first-order chi connectivity index (χ1) is 10.6. The second-order valence-corrected chi connectivity index (χ2v) is 4.12. The molecule has 0 saturated carbocycles. The number of halogens is 6. The molecule has 0 bridgehead atoms. The molecule has 0 aliphatic heterocycles. The van der Waals surface area contributed by atoms with E-state index in [1.165, 1.54) is 0 Å². The van der Waals surface area contributed by atoms with Gasteiger partial charge < -0.3 is 4.74 Å². The predicted octanol–water partition coefficient (Wildman–Crippen LogP) is 2.37. The van der Waals surface area contributed by atoms with Crippen LogP contribution in [0.1, 0.15) is 17.1 Å². The van der Waals surface area contributed by atoms with Crippen LogP contribution in [0.15, 0.2) is 18.6 Å². The molecule has 2 rings (SSSR count). The van der Waals surface area contributed by atoms with Crippen LogP contribution in [0.4, 0.5) is 26.3 Å². The quantitative estimate of drug-likeness (QED) is 0.631. The van der Waals surface area contributed by atoms with Crippen LogP contribution in [0.5, 0.6) is 0 Å². The summed E-state index contributed by atoms with van der Waals surface area (Å²) in [7, 11) is 0. The van der Waals surface area contributed by atoms with Crippen molar-refractivity contribution in [1.29, 1.82) is 0 Å². The van der Waals surface area contributed by atoms with Gasteiger partial charge in [-0.15, -0.1) is 0 Å². The molecule has 0 atom stereocenters. The van der Waals surface area contributed by atoms with Gasteiger partial charge in [0.05, 0.1) is 12.4 Å². The summed E-state index contributed by atoms with van der Waals surface area (Å²) >= 11 is 0. The summed E-state index contributed by atoms with van der Waals surface area (Å²) < 4.78 is 80.4. The Bertz CT molecular complexity index is 692. The number of hydrogen-bond donors (Lipinski definition) is 0. The number of carbonyl (C=O) groups excluding carboxylic acids is 1. The van der Waals surface area contributed by atoms with Crippen LogP contribution in [-0.4, -0.2) is 26.2 Å². The number of rotatable bonds is 4. The van der Waals surface area contributed by atoms with Gasteiger partial charge in [0.2, 0.25) is 5.82 Å². The van der Waals surface area contributed by atoms with Gasteiger partial charge in [-0.05, 0) is 0 Å². The van der Waals surface area contributed by atoms with E-state index in [1.54, 1.807) is 0 Å². The summed E-state index contributed by atoms with van der Waals surface area (Å²) in [5.74, 6) is -1.44. The first-order valence-corrected chi connectivity index (χ1v) is 5.73. The molecule has 0 spiro atoms. The maximum absolute atomic E-state index is 12.8. The lowest BCUT2D eigenvalue weighted by Crippen LogP contribution is -2.12. The van der Waals surface area contributed by atoms with Gasteiger partial charge in [0.15, 0.2) is 5.69 Å². The predicted molar refractivity (Wildman–Crippen MR) is 60.0 cm³/mol. The topological polar surface area (TPSA) is 69.9 Å². The van der Waals surface area contributed by atoms with Crippen molar-refractivity contribution in [2.45, 2.75) is 19.0 Å². The van der Waals surface area contributed by atoms with Crippen molar-refractivity contribution in [2.24, 2.45) is 0 Å². The van der Waals surface area contributed by atoms with Crippen LogP contribution in [-0.2, 0) is 28.5 Å². The summed E-state index contributed by atoms with van der Waals surface area (Å²) in [4.78, 5) is 16.1. The average Bonchev–Trinajstić information content (AvgIpc) is 2.88. The summed E-state index contributed by atoms with van der Waals surface area (Å²) in [5.41, 5.74) is -2.02. The van der Waals surface area contributed by atoms with Crippen molar-refractivity contribution in [3.05, 3.63) is 35.7 Å². The van der Waals surface area contributed by atoms with Gasteiger partial charge in [-0.1, -0.05) is 0 Å². The zero-order valence-electron chi connectivity index (χ0n) is 10.9. The van der Waals surface area contributed by atoms with Crippen molar-refractivity contribution in [3.8, 4) is 5.69 Å². The molecule has 2 aromatic heterocycles. The second-order valence-electron chi connectivity index (χ2n) is 4.12. The van der Waals surface area contributed by atoms with E-state index in [2.05, 4.69) is 19.8 Å². The highest BCUT2D eigenvalue weighted by atomic mass is 19.4. The summed E-state index contributed by atoms with van der Waals surface area (Å²) in [5, 5.41) is 3.23. The SMILES string of the molecule is O=COCc1cn(-c2cnc(C(F)(F)F)nc2)nc1C(F)(F)F. The third kappa shape index (κ3) is 3.76. The minimum atomic E-state index is -4.83. The molecule has 0 amide bonds. The lowest BCUT2D eigenvalue weighted by Gasteiger charge is -2.05. The van der Waals surface area contributed by atoms with Gasteiger partial charge in [0.1, 0.15) is 12.3 Å². The smallest absolute Gasteiger partial charge is 0.451 e. The lowest BCUT2D eigenvalue weighted by molar-refractivity contribution is -0.145. The monoisotopic (exact) mass is 340 g/mol. The first kappa shape index (κ1) is 16.7. The average molecular weight is 340 g/mol. The van der Waals surface area contributed by atoms with Gasteiger partial charge in [-0.2, -0.15) is 31.4 Å². The Kier molecular flexibility index (Phi) is 4.25. The van der Waals surface area contributed by atoms with Crippen molar-refractivity contribution in [2.75, 3.05) is 0 Å². The van der Waals surface area contributed by atoms with E-state index in [4.69, 9.17) is 0 Å². The minimum Gasteiger partial charge on any atom is -0.463 e. The van der Waals surface area contributed by atoms with Crippen LogP contribution >= 0.6 is 0 Å². The van der Waals surface area contributed by atoms with Gasteiger partial charge in [0.25, 0.3) is 6.47 Å². The van der Waals surface area contributed by atoms with Crippen molar-refractivity contribution >= 4 is 6.47 Å². The molecule has 2 heterocycles. The largest absolute Gasteiger partial charge is 0.463 e. The van der Waals surface area contributed by atoms with E-state index in [1.807, 2.05) is 0 Å². The third-order valence-electron chi connectivity index (χ3n) is 2.52. The first-order valence-electron chi connectivity index (χ1n) is 5.73. The molecule has 0 aliphatic carbocycles. The Morgan fingerprint density at radius 3 is 2.17 bits per heavy atom. The normalized spacial score (nSPS) is 12.3. The Morgan fingerprint density at radius 1 is 1.09 bits per heavy atom. The van der Waals surface area contributed by atoms with E-state index in [0.717, 1.165) is 6.20 Å². The molecular formula is C11H6F6N4O2. The maximum Gasteiger partial charge on any atom is 0.451 e. The van der Waals surface area contributed by atoms with Crippen molar-refractivity contribution in [1.82, 2.24) is 19.7 Å². The zero-order chi connectivity index (χ0) is 17.3. The molecular weight excluding hydrogens is 334 g/mol. The highest BCUT2D eigenvalue weighted by molar-refractivity contribution is 5.38. The molecule has 6 nitrogen and oxygen atoms in total. The zero-order valence-corrected chi connectivity index (χ0v) is 10.9. The number of nitrogens with zero attached hydrogens (tertiary/aromatic N) is 4. The second kappa shape index (κ2) is 5.85. The van der Waals surface area contributed by atoms with E-state index in [9.17, 15) is 31.1 Å². The Hall–Kier alpha value is -2.66. The Morgan fingerprint density at radius 2 is 1.70 bits per heavy atom. The summed E-state index contributed by atoms with van der Waals surface area (Å²) in [6.07, 6.45) is -7.40. The third-order valence-corrected chi connectivity index (χ3v) is 2.52. The van der Waals surface area contributed by atoms with E-state index < -0.39 is 36.0 Å². The molecule has 0 N–H and O–H groups in total. The maximum atomic E-state index is 12.8. The molecule has 12 heteroatoms. The number of carbonyl (C=O) groups is 1. The highest BCUT2D eigenvalue weighted by Crippen LogP contribution is 2.32. The Balaban J connectivity index is 2.39. The van der Waals surface area contributed by atoms with E-state index in [0.29, 0.717) is 17.1 Å². The van der Waals surface area contributed by atoms with Crippen LogP contribution in [0.2, 0.25) is 0 Å². The highest BCUT2D eigenvalue weighted by Gasteiger charge is 2.38. The lowest BCUT2D eigenvalue weighted by atomic mass is 10.2. The number of hydrogen-bond acceptors (Lipinski definition) is 5. The van der Waals surface area contributed by atoms with Gasteiger partial charge in [-0.25, -0.2) is 14.6 Å². The minimum absolute atomic E-state index is 0.0429. The van der Waals surface area contributed by atoms with E-state index >= 15 is 0 Å². The van der Waals surface area contributed by atoms with Crippen LogP contribution in [0.25, 0.3) is 5.69 Å². The Labute approximate surface area is 123 Å². The molecule has 0 saturated heterocycles. The van der Waals surface area contributed by atoms with Gasteiger partial charge >= 0.3 is 12.4 Å². The van der Waals surface area contributed by atoms with E-state index in [-0.39, 0.29) is 12.2 Å². The van der Waals surface area contributed by atoms with Crippen LogP contribution < -0.4 is 0 Å². The molecule has 0 radical (unpaired) electrons. The molecule has 0 aromatic carbocycles. The molecule has 124 valence electrons.